The van der Waals surface area contributed by atoms with Crippen LogP contribution < -0.4 is 5.32 Å². The maximum atomic E-state index is 4.60. The molecule has 1 unspecified atom stereocenters. The Morgan fingerprint density at radius 3 is 3.00 bits per heavy atom. The Labute approximate surface area is 118 Å². The number of rotatable bonds is 5. The van der Waals surface area contributed by atoms with E-state index in [-0.39, 0.29) is 0 Å². The Kier molecular flexibility index (Phi) is 4.15. The van der Waals surface area contributed by atoms with Crippen molar-refractivity contribution in [2.24, 2.45) is 0 Å². The second kappa shape index (κ2) is 6.03. The van der Waals surface area contributed by atoms with Gasteiger partial charge in [-0.1, -0.05) is 6.42 Å². The van der Waals surface area contributed by atoms with E-state index in [1.165, 1.54) is 32.4 Å². The van der Waals surface area contributed by atoms with Gasteiger partial charge in [0.05, 0.1) is 5.69 Å². The van der Waals surface area contributed by atoms with Gasteiger partial charge in [-0.05, 0) is 32.9 Å². The van der Waals surface area contributed by atoms with Crippen molar-refractivity contribution in [1.29, 1.82) is 0 Å². The molecule has 104 valence electrons. The number of likely N-dealkylation sites (tertiary alicyclic amines) is 1. The van der Waals surface area contributed by atoms with E-state index >= 15 is 0 Å². The van der Waals surface area contributed by atoms with Gasteiger partial charge in [-0.3, -0.25) is 4.40 Å². The van der Waals surface area contributed by atoms with Crippen LogP contribution in [0.1, 0.15) is 31.9 Å². The molecule has 0 amide bonds. The fraction of sp³-hybridized carbons (Fsp3) is 0.643. The zero-order valence-electron chi connectivity index (χ0n) is 11.5. The molecule has 0 aliphatic carbocycles. The molecule has 1 N–H and O–H groups in total. The normalized spacial score (nSPS) is 19.0. The van der Waals surface area contributed by atoms with Gasteiger partial charge >= 0.3 is 0 Å². The van der Waals surface area contributed by atoms with Gasteiger partial charge in [0.2, 0.25) is 0 Å². The van der Waals surface area contributed by atoms with E-state index in [0.29, 0.717) is 6.04 Å². The molecule has 4 nitrogen and oxygen atoms in total. The van der Waals surface area contributed by atoms with Gasteiger partial charge in [-0.15, -0.1) is 11.3 Å². The number of fused-ring (bicyclic) bond motifs is 1. The second-order valence-corrected chi connectivity index (χ2v) is 6.34. The number of hydrogen-bond donors (Lipinski definition) is 1. The highest BCUT2D eigenvalue weighted by atomic mass is 32.1. The van der Waals surface area contributed by atoms with E-state index in [2.05, 4.69) is 44.3 Å². The van der Waals surface area contributed by atoms with E-state index in [1.807, 2.05) is 0 Å². The van der Waals surface area contributed by atoms with Gasteiger partial charge < -0.3 is 10.2 Å². The van der Waals surface area contributed by atoms with E-state index in [0.717, 1.165) is 23.7 Å². The van der Waals surface area contributed by atoms with Crippen LogP contribution in [0.3, 0.4) is 0 Å². The highest BCUT2D eigenvalue weighted by molar-refractivity contribution is 7.15. The molecule has 0 saturated carbocycles. The molecule has 3 rings (SSSR count). The molecule has 0 radical (unpaired) electrons. The first-order chi connectivity index (χ1) is 9.31. The molecule has 0 spiro atoms. The third kappa shape index (κ3) is 3.35. The topological polar surface area (TPSA) is 32.6 Å². The lowest BCUT2D eigenvalue weighted by Crippen LogP contribution is -2.41. The van der Waals surface area contributed by atoms with E-state index in [9.17, 15) is 0 Å². The summed E-state index contributed by atoms with van der Waals surface area (Å²) < 4.78 is 2.09. The Morgan fingerprint density at radius 1 is 1.37 bits per heavy atom. The van der Waals surface area contributed by atoms with Crippen molar-refractivity contribution in [3.63, 3.8) is 0 Å². The minimum absolute atomic E-state index is 0.526. The molecule has 3 heterocycles. The largest absolute Gasteiger partial charge is 0.307 e. The average molecular weight is 278 g/mol. The van der Waals surface area contributed by atoms with Crippen LogP contribution in [-0.4, -0.2) is 40.0 Å². The highest BCUT2D eigenvalue weighted by Gasteiger charge is 2.13. The maximum absolute atomic E-state index is 4.60. The van der Waals surface area contributed by atoms with Crippen molar-refractivity contribution < 1.29 is 0 Å². The molecule has 19 heavy (non-hydrogen) atoms. The Bertz CT molecular complexity index is 484. The van der Waals surface area contributed by atoms with Gasteiger partial charge in [0.25, 0.3) is 0 Å². The van der Waals surface area contributed by atoms with Gasteiger partial charge in [0.15, 0.2) is 4.96 Å². The zero-order chi connectivity index (χ0) is 13.1. The van der Waals surface area contributed by atoms with Crippen LogP contribution >= 0.6 is 11.3 Å². The average Bonchev–Trinajstić information content (AvgIpc) is 2.98. The third-order valence-corrected chi connectivity index (χ3v) is 4.53. The fourth-order valence-electron chi connectivity index (χ4n) is 2.73. The van der Waals surface area contributed by atoms with Crippen molar-refractivity contribution in [3.05, 3.63) is 23.5 Å². The van der Waals surface area contributed by atoms with E-state index in [1.54, 1.807) is 11.3 Å². The van der Waals surface area contributed by atoms with Crippen molar-refractivity contribution in [2.75, 3.05) is 19.6 Å². The van der Waals surface area contributed by atoms with E-state index < -0.39 is 0 Å². The monoisotopic (exact) mass is 278 g/mol. The fourth-order valence-corrected chi connectivity index (χ4v) is 3.45. The predicted molar refractivity (Wildman–Crippen MR) is 79.7 cm³/mol. The smallest absolute Gasteiger partial charge is 0.193 e. The quantitative estimate of drug-likeness (QED) is 0.911. The van der Waals surface area contributed by atoms with Crippen molar-refractivity contribution >= 4 is 16.3 Å². The van der Waals surface area contributed by atoms with Crippen LogP contribution in [0.5, 0.6) is 0 Å². The van der Waals surface area contributed by atoms with Crippen molar-refractivity contribution in [1.82, 2.24) is 19.6 Å². The number of hydrogen-bond acceptors (Lipinski definition) is 4. The summed E-state index contributed by atoms with van der Waals surface area (Å²) in [6.45, 7) is 6.83. The Balaban J connectivity index is 1.47. The van der Waals surface area contributed by atoms with Crippen LogP contribution in [-0.2, 0) is 6.54 Å². The molecule has 1 aliphatic heterocycles. The van der Waals surface area contributed by atoms with Crippen molar-refractivity contribution in [2.45, 2.75) is 38.8 Å². The first-order valence-corrected chi connectivity index (χ1v) is 8.06. The molecule has 2 aromatic heterocycles. The Hall–Kier alpha value is -0.910. The van der Waals surface area contributed by atoms with Crippen molar-refractivity contribution in [3.8, 4) is 0 Å². The molecular formula is C14H22N4S. The lowest BCUT2D eigenvalue weighted by Gasteiger charge is -2.29. The maximum Gasteiger partial charge on any atom is 0.193 e. The first-order valence-electron chi connectivity index (χ1n) is 7.18. The number of nitrogens with one attached hydrogen (secondary N) is 1. The number of piperidine rings is 1. The van der Waals surface area contributed by atoms with Gasteiger partial charge in [0.1, 0.15) is 0 Å². The van der Waals surface area contributed by atoms with Crippen LogP contribution in [0, 0.1) is 0 Å². The molecule has 1 atom stereocenters. The summed E-state index contributed by atoms with van der Waals surface area (Å²) in [6.07, 6.45) is 8.32. The number of imidazole rings is 1. The summed E-state index contributed by atoms with van der Waals surface area (Å²) in [7, 11) is 0. The lowest BCUT2D eigenvalue weighted by atomic mass is 10.1. The molecule has 5 heteroatoms. The zero-order valence-corrected chi connectivity index (χ0v) is 12.3. The third-order valence-electron chi connectivity index (χ3n) is 3.76. The van der Waals surface area contributed by atoms with Crippen LogP contribution in [0.15, 0.2) is 17.8 Å². The van der Waals surface area contributed by atoms with E-state index in [4.69, 9.17) is 0 Å². The predicted octanol–water partition coefficient (Wildman–Crippen LogP) is 2.36. The summed E-state index contributed by atoms with van der Waals surface area (Å²) in [5.74, 6) is 0. The Morgan fingerprint density at radius 2 is 2.21 bits per heavy atom. The standard InChI is InChI=1S/C14H22N4S/c1-12(10-17-5-3-2-4-6-17)15-9-13-11-18-7-8-19-14(18)16-13/h7-8,11-12,15H,2-6,9-10H2,1H3. The van der Waals surface area contributed by atoms with Crippen LogP contribution in [0.4, 0.5) is 0 Å². The first kappa shape index (κ1) is 13.1. The second-order valence-electron chi connectivity index (χ2n) is 5.47. The molecule has 1 aliphatic rings. The number of nitrogens with zero attached hydrogens (tertiary/aromatic N) is 3. The molecule has 0 bridgehead atoms. The van der Waals surface area contributed by atoms with Crippen LogP contribution in [0.25, 0.3) is 4.96 Å². The summed E-state index contributed by atoms with van der Waals surface area (Å²) in [5, 5.41) is 5.65. The SMILES string of the molecule is CC(CN1CCCCC1)NCc1cn2ccsc2n1. The molecular weight excluding hydrogens is 256 g/mol. The highest BCUT2D eigenvalue weighted by Crippen LogP contribution is 2.12. The lowest BCUT2D eigenvalue weighted by molar-refractivity contribution is 0.208. The summed E-state index contributed by atoms with van der Waals surface area (Å²) in [4.78, 5) is 8.26. The number of aromatic nitrogens is 2. The minimum atomic E-state index is 0.526. The van der Waals surface area contributed by atoms with Gasteiger partial charge in [-0.2, -0.15) is 0 Å². The summed E-state index contributed by atoms with van der Waals surface area (Å²) in [5.41, 5.74) is 1.14. The molecule has 2 aromatic rings. The minimum Gasteiger partial charge on any atom is -0.307 e. The summed E-state index contributed by atoms with van der Waals surface area (Å²) in [6, 6.07) is 0.526. The van der Waals surface area contributed by atoms with Gasteiger partial charge in [0, 0.05) is 36.9 Å². The molecule has 1 saturated heterocycles. The molecule has 0 aromatic carbocycles. The number of thiazole rings is 1. The van der Waals surface area contributed by atoms with Gasteiger partial charge in [-0.25, -0.2) is 4.98 Å². The molecule has 1 fully saturated rings. The summed E-state index contributed by atoms with van der Waals surface area (Å²) >= 11 is 1.69. The van der Waals surface area contributed by atoms with Crippen LogP contribution in [0.2, 0.25) is 0 Å².